The van der Waals surface area contributed by atoms with Gasteiger partial charge in [0.05, 0.1) is 5.02 Å². The van der Waals surface area contributed by atoms with E-state index in [1.54, 1.807) is 0 Å². The summed E-state index contributed by atoms with van der Waals surface area (Å²) < 4.78 is 0.915. The van der Waals surface area contributed by atoms with Crippen LogP contribution in [0.15, 0.2) is 28.7 Å². The molecule has 0 aliphatic heterocycles. The van der Waals surface area contributed by atoms with Crippen LogP contribution in [0.5, 0.6) is 0 Å². The van der Waals surface area contributed by atoms with E-state index in [1.165, 1.54) is 0 Å². The van der Waals surface area contributed by atoms with E-state index in [9.17, 15) is 0 Å². The minimum absolute atomic E-state index is 0.281. The molecule has 0 spiro atoms. The number of benzene rings is 1. The Bertz CT molecular complexity index is 601. The van der Waals surface area contributed by atoms with Gasteiger partial charge >= 0.3 is 0 Å². The Labute approximate surface area is 125 Å². The molecule has 6 heteroatoms. The highest BCUT2D eigenvalue weighted by Gasteiger charge is 2.12. The molecular weight excluding hydrogens is 328 g/mol. The molecule has 100 valence electrons. The Morgan fingerprint density at radius 1 is 1.26 bits per heavy atom. The number of nitrogens with zero attached hydrogens (tertiary/aromatic N) is 2. The zero-order valence-electron chi connectivity index (χ0n) is 10.6. The molecular formula is C13H14BrClN4. The van der Waals surface area contributed by atoms with Gasteiger partial charge in [0.25, 0.3) is 0 Å². The summed E-state index contributed by atoms with van der Waals surface area (Å²) in [7, 11) is 0. The minimum Gasteiger partial charge on any atom is -0.308 e. The molecule has 0 radical (unpaired) electrons. The van der Waals surface area contributed by atoms with Gasteiger partial charge in [0.1, 0.15) is 5.82 Å². The Kier molecular flexibility index (Phi) is 4.39. The molecule has 0 unspecified atom stereocenters. The van der Waals surface area contributed by atoms with Crippen LogP contribution < -0.4 is 11.3 Å². The predicted molar refractivity (Wildman–Crippen MR) is 82.1 cm³/mol. The number of hydrogen-bond acceptors (Lipinski definition) is 4. The molecule has 3 N–H and O–H groups in total. The van der Waals surface area contributed by atoms with Crippen molar-refractivity contribution < 1.29 is 0 Å². The maximum atomic E-state index is 6.23. The highest BCUT2D eigenvalue weighted by molar-refractivity contribution is 9.10. The number of halogens is 2. The summed E-state index contributed by atoms with van der Waals surface area (Å²) in [6.45, 7) is 4.13. The summed E-state index contributed by atoms with van der Waals surface area (Å²) in [4.78, 5) is 8.88. The number of rotatable bonds is 3. The molecule has 19 heavy (non-hydrogen) atoms. The molecule has 1 aromatic carbocycles. The van der Waals surface area contributed by atoms with E-state index in [-0.39, 0.29) is 5.92 Å². The van der Waals surface area contributed by atoms with Crippen molar-refractivity contribution in [2.75, 3.05) is 5.43 Å². The first-order valence-corrected chi connectivity index (χ1v) is 6.99. The molecule has 0 fully saturated rings. The van der Waals surface area contributed by atoms with E-state index in [0.717, 1.165) is 15.7 Å². The Balaban J connectivity index is 2.57. The first kappa shape index (κ1) is 14.2. The lowest BCUT2D eigenvalue weighted by Crippen LogP contribution is -2.11. The Hall–Kier alpha value is -1.17. The lowest BCUT2D eigenvalue weighted by atomic mass is 10.1. The van der Waals surface area contributed by atoms with Crippen LogP contribution >= 0.6 is 27.5 Å². The highest BCUT2D eigenvalue weighted by Crippen LogP contribution is 2.29. The number of anilines is 1. The van der Waals surface area contributed by atoms with Crippen molar-refractivity contribution in [3.63, 3.8) is 0 Å². The molecule has 2 aromatic rings. The fourth-order valence-electron chi connectivity index (χ4n) is 1.63. The molecule has 4 nitrogen and oxygen atoms in total. The van der Waals surface area contributed by atoms with E-state index in [1.807, 2.05) is 24.3 Å². The monoisotopic (exact) mass is 340 g/mol. The average molecular weight is 342 g/mol. The van der Waals surface area contributed by atoms with Crippen LogP contribution in [0.1, 0.15) is 25.5 Å². The molecule has 0 amide bonds. The standard InChI is InChI=1S/C13H14BrClN4/c1-7(2)11-6-12(19-16)18-13(17-11)9-4-3-8(14)5-10(9)15/h3-7H,16H2,1-2H3,(H,17,18,19). The zero-order chi connectivity index (χ0) is 14.0. The number of hydrazine groups is 1. The quantitative estimate of drug-likeness (QED) is 0.655. The van der Waals surface area contributed by atoms with Gasteiger partial charge < -0.3 is 5.43 Å². The third-order valence-corrected chi connectivity index (χ3v) is 3.46. The van der Waals surface area contributed by atoms with Crippen LogP contribution in [0.3, 0.4) is 0 Å². The molecule has 2 rings (SSSR count). The molecule has 0 saturated heterocycles. The van der Waals surface area contributed by atoms with Gasteiger partial charge in [-0.1, -0.05) is 41.4 Å². The van der Waals surface area contributed by atoms with Gasteiger partial charge in [0.15, 0.2) is 5.82 Å². The van der Waals surface area contributed by atoms with Gasteiger partial charge in [-0.15, -0.1) is 0 Å². The molecule has 0 bridgehead atoms. The van der Waals surface area contributed by atoms with Crippen molar-refractivity contribution in [3.8, 4) is 11.4 Å². The van der Waals surface area contributed by atoms with E-state index < -0.39 is 0 Å². The summed E-state index contributed by atoms with van der Waals surface area (Å²) >= 11 is 9.61. The first-order chi connectivity index (χ1) is 9.01. The lowest BCUT2D eigenvalue weighted by molar-refractivity contribution is 0.817. The van der Waals surface area contributed by atoms with Crippen molar-refractivity contribution in [1.29, 1.82) is 0 Å². The number of aromatic nitrogens is 2. The van der Waals surface area contributed by atoms with Crippen molar-refractivity contribution in [1.82, 2.24) is 9.97 Å². The van der Waals surface area contributed by atoms with Gasteiger partial charge in [0.2, 0.25) is 0 Å². The van der Waals surface area contributed by atoms with Crippen LogP contribution in [0.2, 0.25) is 5.02 Å². The van der Waals surface area contributed by atoms with E-state index in [0.29, 0.717) is 16.7 Å². The second-order valence-electron chi connectivity index (χ2n) is 4.42. The fourth-order valence-corrected chi connectivity index (χ4v) is 2.38. The van der Waals surface area contributed by atoms with Gasteiger partial charge in [-0.25, -0.2) is 15.8 Å². The molecule has 1 heterocycles. The normalized spacial score (nSPS) is 10.8. The SMILES string of the molecule is CC(C)c1cc(NN)nc(-c2ccc(Br)cc2Cl)n1. The minimum atomic E-state index is 0.281. The molecule has 0 aliphatic rings. The lowest BCUT2D eigenvalue weighted by Gasteiger charge is -2.11. The Morgan fingerprint density at radius 2 is 2.00 bits per heavy atom. The van der Waals surface area contributed by atoms with Crippen LogP contribution in [0, 0.1) is 0 Å². The van der Waals surface area contributed by atoms with Gasteiger partial charge in [0, 0.05) is 21.8 Å². The van der Waals surface area contributed by atoms with Crippen molar-refractivity contribution in [2.45, 2.75) is 19.8 Å². The van der Waals surface area contributed by atoms with Gasteiger partial charge in [-0.05, 0) is 24.1 Å². The third kappa shape index (κ3) is 3.23. The third-order valence-electron chi connectivity index (χ3n) is 2.66. The number of nitrogens with one attached hydrogen (secondary N) is 1. The fraction of sp³-hybridized carbons (Fsp3) is 0.231. The summed E-state index contributed by atoms with van der Waals surface area (Å²) in [5.74, 6) is 6.87. The second-order valence-corrected chi connectivity index (χ2v) is 5.75. The van der Waals surface area contributed by atoms with Crippen molar-refractivity contribution >= 4 is 33.3 Å². The topological polar surface area (TPSA) is 63.8 Å². The molecule has 0 saturated carbocycles. The average Bonchev–Trinajstić information content (AvgIpc) is 2.38. The first-order valence-electron chi connectivity index (χ1n) is 5.82. The molecule has 0 atom stereocenters. The zero-order valence-corrected chi connectivity index (χ0v) is 13.0. The largest absolute Gasteiger partial charge is 0.308 e. The molecule has 1 aromatic heterocycles. The predicted octanol–water partition coefficient (Wildman–Crippen LogP) is 3.97. The van der Waals surface area contributed by atoms with Crippen LogP contribution in [-0.2, 0) is 0 Å². The van der Waals surface area contributed by atoms with Crippen molar-refractivity contribution in [2.24, 2.45) is 5.84 Å². The second kappa shape index (κ2) is 5.86. The van der Waals surface area contributed by atoms with Crippen LogP contribution in [-0.4, -0.2) is 9.97 Å². The number of nitrogens with two attached hydrogens (primary N) is 1. The summed E-state index contributed by atoms with van der Waals surface area (Å²) in [6, 6.07) is 7.44. The molecule has 0 aliphatic carbocycles. The summed E-state index contributed by atoms with van der Waals surface area (Å²) in [5.41, 5.74) is 4.25. The van der Waals surface area contributed by atoms with Crippen LogP contribution in [0.25, 0.3) is 11.4 Å². The maximum absolute atomic E-state index is 6.23. The number of hydrogen-bond donors (Lipinski definition) is 2. The summed E-state index contributed by atoms with van der Waals surface area (Å²) in [5, 5.41) is 0.596. The maximum Gasteiger partial charge on any atom is 0.163 e. The Morgan fingerprint density at radius 3 is 2.58 bits per heavy atom. The van der Waals surface area contributed by atoms with E-state index in [4.69, 9.17) is 17.4 Å². The van der Waals surface area contributed by atoms with Crippen molar-refractivity contribution in [3.05, 3.63) is 39.5 Å². The number of nitrogen functional groups attached to an aromatic ring is 1. The van der Waals surface area contributed by atoms with Gasteiger partial charge in [-0.2, -0.15) is 0 Å². The van der Waals surface area contributed by atoms with Crippen LogP contribution in [0.4, 0.5) is 5.82 Å². The summed E-state index contributed by atoms with van der Waals surface area (Å²) in [6.07, 6.45) is 0. The van der Waals surface area contributed by atoms with E-state index in [2.05, 4.69) is 45.2 Å². The van der Waals surface area contributed by atoms with E-state index >= 15 is 0 Å². The van der Waals surface area contributed by atoms with Gasteiger partial charge in [-0.3, -0.25) is 0 Å². The highest BCUT2D eigenvalue weighted by atomic mass is 79.9. The smallest absolute Gasteiger partial charge is 0.163 e.